The largest absolute Gasteiger partial charge is 0.454 e. The van der Waals surface area contributed by atoms with Crippen molar-refractivity contribution in [2.75, 3.05) is 25.2 Å². The first-order valence-corrected chi connectivity index (χ1v) is 7.63. The predicted molar refractivity (Wildman–Crippen MR) is 82.2 cm³/mol. The first kappa shape index (κ1) is 15.1. The predicted octanol–water partition coefficient (Wildman–Crippen LogP) is 1.85. The van der Waals surface area contributed by atoms with Gasteiger partial charge in [-0.1, -0.05) is 0 Å². The van der Waals surface area contributed by atoms with Gasteiger partial charge in [-0.05, 0) is 32.9 Å². The van der Waals surface area contributed by atoms with Crippen LogP contribution in [0.1, 0.15) is 20.8 Å². The van der Waals surface area contributed by atoms with Crippen LogP contribution in [0.5, 0.6) is 11.5 Å². The molecule has 1 fully saturated rings. The van der Waals surface area contributed by atoms with Crippen molar-refractivity contribution < 1.29 is 19.0 Å². The number of hydrogen-bond donors (Lipinski definition) is 1. The van der Waals surface area contributed by atoms with Gasteiger partial charge in [-0.25, -0.2) is 0 Å². The molecule has 6 heteroatoms. The van der Waals surface area contributed by atoms with E-state index in [1.165, 1.54) is 0 Å². The van der Waals surface area contributed by atoms with Gasteiger partial charge in [0, 0.05) is 24.8 Å². The lowest BCUT2D eigenvalue weighted by molar-refractivity contribution is -0.126. The Morgan fingerprint density at radius 2 is 1.91 bits per heavy atom. The van der Waals surface area contributed by atoms with Crippen LogP contribution in [0.3, 0.4) is 0 Å². The highest BCUT2D eigenvalue weighted by molar-refractivity contribution is 5.94. The maximum absolute atomic E-state index is 12.5. The van der Waals surface area contributed by atoms with Gasteiger partial charge in [0.15, 0.2) is 11.5 Å². The molecule has 1 amide bonds. The van der Waals surface area contributed by atoms with Crippen molar-refractivity contribution in [1.29, 1.82) is 0 Å². The third-order valence-corrected chi connectivity index (χ3v) is 4.02. The highest BCUT2D eigenvalue weighted by Gasteiger charge is 2.29. The Balaban J connectivity index is 1.63. The molecule has 0 radical (unpaired) electrons. The zero-order valence-electron chi connectivity index (χ0n) is 13.2. The van der Waals surface area contributed by atoms with Gasteiger partial charge >= 0.3 is 0 Å². The number of carbonyl (C=O) groups is 1. The van der Waals surface area contributed by atoms with E-state index in [2.05, 4.69) is 10.2 Å². The van der Waals surface area contributed by atoms with E-state index in [1.807, 2.05) is 32.9 Å². The molecule has 2 heterocycles. The minimum Gasteiger partial charge on any atom is -0.454 e. The molecule has 0 unspecified atom stereocenters. The van der Waals surface area contributed by atoms with Crippen molar-refractivity contribution in [2.24, 2.45) is 0 Å². The Labute approximate surface area is 130 Å². The molecule has 22 heavy (non-hydrogen) atoms. The smallest absolute Gasteiger partial charge is 0.241 e. The number of anilines is 1. The summed E-state index contributed by atoms with van der Waals surface area (Å²) in [4.78, 5) is 14.6. The summed E-state index contributed by atoms with van der Waals surface area (Å²) in [5.41, 5.74) is 0.718. The number of morpholine rings is 1. The molecular formula is C16H22N2O4. The molecular weight excluding hydrogens is 284 g/mol. The topological polar surface area (TPSA) is 60.0 Å². The first-order chi connectivity index (χ1) is 10.5. The van der Waals surface area contributed by atoms with Crippen LogP contribution in [-0.4, -0.2) is 48.9 Å². The van der Waals surface area contributed by atoms with Crippen LogP contribution in [0.25, 0.3) is 0 Å². The van der Waals surface area contributed by atoms with Gasteiger partial charge in [0.05, 0.1) is 18.2 Å². The summed E-state index contributed by atoms with van der Waals surface area (Å²) >= 11 is 0. The Hall–Kier alpha value is -1.79. The van der Waals surface area contributed by atoms with Crippen molar-refractivity contribution in [3.8, 4) is 11.5 Å². The molecule has 120 valence electrons. The molecule has 1 aromatic carbocycles. The summed E-state index contributed by atoms with van der Waals surface area (Å²) in [7, 11) is 0. The third-order valence-electron chi connectivity index (χ3n) is 4.02. The van der Waals surface area contributed by atoms with E-state index in [-0.39, 0.29) is 30.9 Å². The number of nitrogens with one attached hydrogen (secondary N) is 1. The zero-order chi connectivity index (χ0) is 15.7. The van der Waals surface area contributed by atoms with Crippen LogP contribution in [-0.2, 0) is 9.53 Å². The highest BCUT2D eigenvalue weighted by atomic mass is 16.7. The van der Waals surface area contributed by atoms with Crippen LogP contribution in [0.2, 0.25) is 0 Å². The Bertz CT molecular complexity index is 553. The molecule has 1 N–H and O–H groups in total. The molecule has 6 nitrogen and oxygen atoms in total. The summed E-state index contributed by atoms with van der Waals surface area (Å²) in [5.74, 6) is 1.35. The molecule has 0 aromatic heterocycles. The van der Waals surface area contributed by atoms with Crippen molar-refractivity contribution in [1.82, 2.24) is 4.90 Å². The third kappa shape index (κ3) is 3.18. The van der Waals surface area contributed by atoms with Gasteiger partial charge < -0.3 is 19.5 Å². The van der Waals surface area contributed by atoms with Crippen LogP contribution in [0, 0.1) is 0 Å². The van der Waals surface area contributed by atoms with Gasteiger partial charge in [0.2, 0.25) is 12.7 Å². The summed E-state index contributed by atoms with van der Waals surface area (Å²) in [6.45, 7) is 7.75. The van der Waals surface area contributed by atoms with E-state index in [0.29, 0.717) is 11.5 Å². The monoisotopic (exact) mass is 306 g/mol. The van der Waals surface area contributed by atoms with E-state index in [4.69, 9.17) is 14.2 Å². The van der Waals surface area contributed by atoms with Gasteiger partial charge in [-0.3, -0.25) is 9.69 Å². The fraction of sp³-hybridized carbons (Fsp3) is 0.562. The average Bonchev–Trinajstić information content (AvgIpc) is 2.93. The maximum Gasteiger partial charge on any atom is 0.241 e. The maximum atomic E-state index is 12.5. The van der Waals surface area contributed by atoms with Crippen molar-refractivity contribution in [2.45, 2.75) is 39.0 Å². The fourth-order valence-corrected chi connectivity index (χ4v) is 2.92. The van der Waals surface area contributed by atoms with Crippen LogP contribution < -0.4 is 14.8 Å². The highest BCUT2D eigenvalue weighted by Crippen LogP contribution is 2.34. The number of amides is 1. The SMILES string of the molecule is C[C@@H]1CN([C@H](C)C(=O)Nc2ccc3c(c2)OCO3)C[C@H](C)O1. The summed E-state index contributed by atoms with van der Waals surface area (Å²) in [6, 6.07) is 5.21. The Morgan fingerprint density at radius 3 is 2.64 bits per heavy atom. The number of nitrogens with zero attached hydrogens (tertiary/aromatic N) is 1. The lowest BCUT2D eigenvalue weighted by atomic mass is 10.1. The molecule has 3 atom stereocenters. The van der Waals surface area contributed by atoms with Gasteiger partial charge in [-0.2, -0.15) is 0 Å². The number of benzene rings is 1. The lowest BCUT2D eigenvalue weighted by Crippen LogP contribution is -2.52. The number of ether oxygens (including phenoxy) is 3. The zero-order valence-corrected chi connectivity index (χ0v) is 13.2. The molecule has 0 aliphatic carbocycles. The second kappa shape index (κ2) is 6.14. The van der Waals surface area contributed by atoms with Gasteiger partial charge in [0.25, 0.3) is 0 Å². The molecule has 1 aromatic rings. The van der Waals surface area contributed by atoms with E-state index in [1.54, 1.807) is 6.07 Å². The van der Waals surface area contributed by atoms with Crippen LogP contribution >= 0.6 is 0 Å². The van der Waals surface area contributed by atoms with Crippen LogP contribution in [0.4, 0.5) is 5.69 Å². The quantitative estimate of drug-likeness (QED) is 0.923. The first-order valence-electron chi connectivity index (χ1n) is 7.63. The fourth-order valence-electron chi connectivity index (χ4n) is 2.92. The average molecular weight is 306 g/mol. The second-order valence-corrected chi connectivity index (χ2v) is 5.94. The van der Waals surface area contributed by atoms with Crippen molar-refractivity contribution in [3.05, 3.63) is 18.2 Å². The molecule has 1 saturated heterocycles. The van der Waals surface area contributed by atoms with E-state index < -0.39 is 0 Å². The van der Waals surface area contributed by atoms with Crippen molar-refractivity contribution >= 4 is 11.6 Å². The number of rotatable bonds is 3. The van der Waals surface area contributed by atoms with E-state index in [0.717, 1.165) is 18.8 Å². The van der Waals surface area contributed by atoms with Gasteiger partial charge in [0.1, 0.15) is 0 Å². The molecule has 0 spiro atoms. The summed E-state index contributed by atoms with van der Waals surface area (Å²) < 4.78 is 16.3. The van der Waals surface area contributed by atoms with E-state index >= 15 is 0 Å². The molecule has 0 bridgehead atoms. The van der Waals surface area contributed by atoms with E-state index in [9.17, 15) is 4.79 Å². The number of fused-ring (bicyclic) bond motifs is 1. The minimum absolute atomic E-state index is 0.0276. The second-order valence-electron chi connectivity index (χ2n) is 5.94. The number of carbonyl (C=O) groups excluding carboxylic acids is 1. The standard InChI is InChI=1S/C16H22N2O4/c1-10-7-18(8-11(2)22-10)12(3)16(19)17-13-4-5-14-15(6-13)21-9-20-14/h4-6,10-12H,7-9H2,1-3H3,(H,17,19)/t10-,11+,12-/m1/s1. The lowest BCUT2D eigenvalue weighted by Gasteiger charge is -2.38. The molecule has 3 rings (SSSR count). The Kier molecular flexibility index (Phi) is 4.22. The Morgan fingerprint density at radius 1 is 1.23 bits per heavy atom. The van der Waals surface area contributed by atoms with Crippen LogP contribution in [0.15, 0.2) is 18.2 Å². The normalized spacial score (nSPS) is 25.8. The minimum atomic E-state index is -0.209. The van der Waals surface area contributed by atoms with Crippen molar-refractivity contribution in [3.63, 3.8) is 0 Å². The molecule has 0 saturated carbocycles. The summed E-state index contributed by atoms with van der Waals surface area (Å²) in [6.07, 6.45) is 0.286. The summed E-state index contributed by atoms with van der Waals surface area (Å²) in [5, 5.41) is 2.94. The van der Waals surface area contributed by atoms with Gasteiger partial charge in [-0.15, -0.1) is 0 Å². The molecule has 2 aliphatic rings. The number of hydrogen-bond acceptors (Lipinski definition) is 5. The molecule has 2 aliphatic heterocycles.